The summed E-state index contributed by atoms with van der Waals surface area (Å²) >= 11 is 0. The summed E-state index contributed by atoms with van der Waals surface area (Å²) in [5, 5.41) is 17.9. The van der Waals surface area contributed by atoms with Gasteiger partial charge in [-0.15, -0.1) is 0 Å². The van der Waals surface area contributed by atoms with Crippen molar-refractivity contribution in [2.45, 2.75) is 63.3 Å². The molecule has 3 N–H and O–H groups in total. The monoisotopic (exact) mass is 882 g/mol. The molecule has 0 saturated carbocycles. The maximum Gasteiger partial charge on any atom is 0.247 e. The Balaban J connectivity index is 0.684. The van der Waals surface area contributed by atoms with Crippen molar-refractivity contribution in [2.24, 2.45) is 11.3 Å². The molecule has 5 heterocycles. The molecule has 338 valence electrons. The number of piperidine rings is 3. The van der Waals surface area contributed by atoms with Crippen molar-refractivity contribution in [1.29, 1.82) is 5.26 Å². The number of rotatable bonds is 14. The topological polar surface area (TPSA) is 151 Å². The smallest absolute Gasteiger partial charge is 0.247 e. The number of carbonyl (C=O) groups excluding carboxylic acids is 4. The number of aromatic nitrogens is 1. The summed E-state index contributed by atoms with van der Waals surface area (Å²) in [6, 6.07) is 38.9. The molecule has 12 heteroatoms. The third-order valence-electron chi connectivity index (χ3n) is 14.2. The van der Waals surface area contributed by atoms with Crippen LogP contribution in [0.1, 0.15) is 78.3 Å². The first-order chi connectivity index (χ1) is 32.2. The van der Waals surface area contributed by atoms with E-state index in [2.05, 4.69) is 61.1 Å². The van der Waals surface area contributed by atoms with Gasteiger partial charge in [0.2, 0.25) is 23.6 Å². The summed E-state index contributed by atoms with van der Waals surface area (Å²) in [4.78, 5) is 62.5. The van der Waals surface area contributed by atoms with Gasteiger partial charge in [-0.05, 0) is 114 Å². The Morgan fingerprint density at radius 2 is 1.50 bits per heavy atom. The van der Waals surface area contributed by atoms with E-state index in [0.29, 0.717) is 54.9 Å². The second-order valence-corrected chi connectivity index (χ2v) is 18.7. The molecular weight excluding hydrogens is 825 g/mol. The molecule has 5 aromatic rings. The Hall–Kier alpha value is -6.68. The van der Waals surface area contributed by atoms with Gasteiger partial charge in [0.15, 0.2) is 0 Å². The Bertz CT molecular complexity index is 2520. The van der Waals surface area contributed by atoms with Gasteiger partial charge in [-0.3, -0.25) is 24.5 Å². The van der Waals surface area contributed by atoms with E-state index >= 15 is 0 Å². The van der Waals surface area contributed by atoms with E-state index < -0.39 is 6.04 Å². The lowest BCUT2D eigenvalue weighted by atomic mass is 9.71. The van der Waals surface area contributed by atoms with E-state index in [4.69, 9.17) is 5.26 Å². The summed E-state index contributed by atoms with van der Waals surface area (Å²) in [6.45, 7) is 7.73. The second kappa shape index (κ2) is 20.2. The fourth-order valence-electron chi connectivity index (χ4n) is 10.3. The zero-order valence-electron chi connectivity index (χ0n) is 37.5. The maximum atomic E-state index is 13.6. The van der Waals surface area contributed by atoms with Gasteiger partial charge in [0.25, 0.3) is 0 Å². The van der Waals surface area contributed by atoms with Gasteiger partial charge in [-0.2, -0.15) is 5.26 Å². The number of benzene rings is 4. The minimum atomic E-state index is -0.573. The third kappa shape index (κ3) is 10.7. The molecule has 4 aliphatic rings. The fourth-order valence-corrected chi connectivity index (χ4v) is 10.3. The van der Waals surface area contributed by atoms with E-state index in [9.17, 15) is 19.2 Å². The van der Waals surface area contributed by atoms with Gasteiger partial charge < -0.3 is 25.3 Å². The van der Waals surface area contributed by atoms with Crippen molar-refractivity contribution in [2.75, 3.05) is 62.6 Å². The summed E-state index contributed by atoms with van der Waals surface area (Å²) in [5.41, 5.74) is 8.05. The molecule has 66 heavy (non-hydrogen) atoms. The first-order valence-electron chi connectivity index (χ1n) is 23.5. The van der Waals surface area contributed by atoms with Crippen molar-refractivity contribution >= 4 is 35.1 Å². The lowest BCUT2D eigenvalue weighted by Crippen LogP contribution is -2.61. The Morgan fingerprint density at radius 1 is 0.803 bits per heavy atom. The van der Waals surface area contributed by atoms with Crippen LogP contribution in [0.3, 0.4) is 0 Å². The molecule has 12 nitrogen and oxygen atoms in total. The number of nitriles is 1. The molecule has 2 unspecified atom stereocenters. The van der Waals surface area contributed by atoms with Gasteiger partial charge in [0.05, 0.1) is 24.0 Å². The zero-order valence-corrected chi connectivity index (χ0v) is 37.5. The Kier molecular flexibility index (Phi) is 13.6. The van der Waals surface area contributed by atoms with Crippen LogP contribution >= 0.6 is 0 Å². The summed E-state index contributed by atoms with van der Waals surface area (Å²) in [6.07, 6.45) is 8.29. The number of nitrogens with one attached hydrogen (secondary N) is 3. The quantitative estimate of drug-likeness (QED) is 0.0999. The highest BCUT2D eigenvalue weighted by Gasteiger charge is 2.45. The average molecular weight is 883 g/mol. The molecule has 4 fully saturated rings. The molecule has 4 amide bonds. The van der Waals surface area contributed by atoms with Crippen LogP contribution in [-0.2, 0) is 32.0 Å². The lowest BCUT2D eigenvalue weighted by molar-refractivity contribution is -0.134. The van der Waals surface area contributed by atoms with Crippen LogP contribution in [0.5, 0.6) is 0 Å². The number of amides is 4. The van der Waals surface area contributed by atoms with Gasteiger partial charge in [-0.25, -0.2) is 4.98 Å². The van der Waals surface area contributed by atoms with Crippen LogP contribution in [0, 0.1) is 22.7 Å². The minimum absolute atomic E-state index is 0.180. The van der Waals surface area contributed by atoms with Gasteiger partial charge in [0, 0.05) is 76.2 Å². The van der Waals surface area contributed by atoms with E-state index in [1.54, 1.807) is 18.3 Å². The standard InChI is InChI=1S/C54H58N8O4/c55-33-40-8-6-38(7-9-40)22-27-56-51(44-4-2-1-3-5-44)53(66)58-48-20-16-45(34-57-48)42-12-10-39(11-13-42)32-50(64)62-28-23-41(24-29-62)35-60-36-54(37-60)25-30-61(31-26-54)46-17-14-43(15-18-46)47-19-21-49(63)59-52(47)65/h1-18,20,34,41,47,51,56H,19,21-32,35-37H2,(H,57,58,66)(H,59,63,65). The number of hydrogen-bond acceptors (Lipinski definition) is 9. The SMILES string of the molecule is N#Cc1ccc(CCNC(C(=O)Nc2ccc(-c3ccc(CC(=O)N4CCC(CN5CC6(CCN(c7ccc(C8CCC(=O)NC8=O)cc7)CC6)C5)CC4)cc3)cn2)c2ccccc2)cc1. The highest BCUT2D eigenvalue weighted by molar-refractivity contribution is 6.01. The number of carbonyl (C=O) groups is 4. The van der Waals surface area contributed by atoms with Crippen molar-refractivity contribution in [3.05, 3.63) is 149 Å². The van der Waals surface area contributed by atoms with Crippen LogP contribution in [0.25, 0.3) is 11.1 Å². The molecular formula is C54H58N8O4. The van der Waals surface area contributed by atoms with E-state index in [1.807, 2.05) is 83.8 Å². The second-order valence-electron chi connectivity index (χ2n) is 18.7. The molecule has 0 radical (unpaired) electrons. The molecule has 4 saturated heterocycles. The van der Waals surface area contributed by atoms with Crippen molar-refractivity contribution in [3.63, 3.8) is 0 Å². The van der Waals surface area contributed by atoms with Crippen LogP contribution in [-0.4, -0.2) is 90.8 Å². The minimum Gasteiger partial charge on any atom is -0.371 e. The zero-order chi connectivity index (χ0) is 45.5. The molecule has 0 aliphatic carbocycles. The van der Waals surface area contributed by atoms with Crippen molar-refractivity contribution in [1.82, 2.24) is 25.4 Å². The number of pyridine rings is 1. The van der Waals surface area contributed by atoms with Crippen LogP contribution in [0.2, 0.25) is 0 Å². The van der Waals surface area contributed by atoms with Crippen LogP contribution in [0.4, 0.5) is 11.5 Å². The number of likely N-dealkylation sites (tertiary alicyclic amines) is 2. The first-order valence-corrected chi connectivity index (χ1v) is 23.5. The molecule has 4 aromatic carbocycles. The molecule has 0 bridgehead atoms. The van der Waals surface area contributed by atoms with Crippen LogP contribution < -0.4 is 20.9 Å². The highest BCUT2D eigenvalue weighted by Crippen LogP contribution is 2.42. The van der Waals surface area contributed by atoms with E-state index in [1.165, 1.54) is 18.5 Å². The van der Waals surface area contributed by atoms with Gasteiger partial charge >= 0.3 is 0 Å². The van der Waals surface area contributed by atoms with Gasteiger partial charge in [-0.1, -0.05) is 78.9 Å². The predicted molar refractivity (Wildman–Crippen MR) is 255 cm³/mol. The summed E-state index contributed by atoms with van der Waals surface area (Å²) in [7, 11) is 0. The lowest BCUT2D eigenvalue weighted by Gasteiger charge is -2.55. The summed E-state index contributed by atoms with van der Waals surface area (Å²) < 4.78 is 0. The van der Waals surface area contributed by atoms with E-state index in [0.717, 1.165) is 92.0 Å². The molecule has 4 aliphatic heterocycles. The molecule has 9 rings (SSSR count). The van der Waals surface area contributed by atoms with Gasteiger partial charge in [0.1, 0.15) is 11.9 Å². The van der Waals surface area contributed by atoms with Crippen molar-refractivity contribution in [3.8, 4) is 17.2 Å². The Labute approximate surface area is 387 Å². The summed E-state index contributed by atoms with van der Waals surface area (Å²) in [5.74, 6) is 0.451. The molecule has 1 aromatic heterocycles. The maximum absolute atomic E-state index is 13.6. The van der Waals surface area contributed by atoms with E-state index in [-0.39, 0.29) is 29.5 Å². The van der Waals surface area contributed by atoms with Crippen molar-refractivity contribution < 1.29 is 19.2 Å². The Morgan fingerprint density at radius 3 is 2.17 bits per heavy atom. The number of hydrogen-bond donors (Lipinski definition) is 3. The highest BCUT2D eigenvalue weighted by atomic mass is 16.2. The average Bonchev–Trinajstić information content (AvgIpc) is 3.34. The largest absolute Gasteiger partial charge is 0.371 e. The fraction of sp³-hybridized carbons (Fsp3) is 0.370. The predicted octanol–water partition coefficient (Wildman–Crippen LogP) is 7.04. The molecule has 2 atom stereocenters. The molecule has 1 spiro atoms. The van der Waals surface area contributed by atoms with Crippen LogP contribution in [0.15, 0.2) is 121 Å². The third-order valence-corrected chi connectivity index (χ3v) is 14.2. The number of nitrogens with zero attached hydrogens (tertiary/aromatic N) is 5. The number of anilines is 2. The first kappa shape index (κ1) is 44.5. The number of imide groups is 1. The normalized spacial score (nSPS) is 19.1.